The number of cyclic esters (lactones) is 1. The summed E-state index contributed by atoms with van der Waals surface area (Å²) in [5, 5.41) is 1.00. The van der Waals surface area contributed by atoms with Gasteiger partial charge < -0.3 is 4.74 Å². The van der Waals surface area contributed by atoms with Crippen LogP contribution in [0.5, 0.6) is 0 Å². The Labute approximate surface area is 75.4 Å². The maximum atomic E-state index is 10.8. The van der Waals surface area contributed by atoms with Crippen molar-refractivity contribution in [2.75, 3.05) is 5.33 Å². The van der Waals surface area contributed by atoms with Crippen LogP contribution in [0.15, 0.2) is 0 Å². The molecular weight excluding hydrogens is 208 g/mol. The van der Waals surface area contributed by atoms with Crippen LogP contribution in [0.3, 0.4) is 0 Å². The van der Waals surface area contributed by atoms with Crippen LogP contribution in [0, 0.1) is 0 Å². The Morgan fingerprint density at radius 3 is 3.09 bits per heavy atom. The molecule has 0 aromatic heterocycles. The zero-order valence-corrected chi connectivity index (χ0v) is 8.10. The van der Waals surface area contributed by atoms with Crippen molar-refractivity contribution in [3.05, 3.63) is 0 Å². The molecule has 1 rings (SSSR count). The molecule has 64 valence electrons. The molecule has 2 nitrogen and oxygen atoms in total. The average Bonchev–Trinajstić information content (AvgIpc) is 2.01. The van der Waals surface area contributed by atoms with Crippen LogP contribution < -0.4 is 0 Å². The first-order valence-corrected chi connectivity index (χ1v) is 5.20. The summed E-state index contributed by atoms with van der Waals surface area (Å²) in [4.78, 5) is 10.8. The fourth-order valence-electron chi connectivity index (χ4n) is 1.29. The van der Waals surface area contributed by atoms with Gasteiger partial charge in [0.2, 0.25) is 0 Å². The Bertz CT molecular complexity index is 136. The summed E-state index contributed by atoms with van der Waals surface area (Å²) in [6.45, 7) is 0. The van der Waals surface area contributed by atoms with Gasteiger partial charge in [-0.3, -0.25) is 4.79 Å². The predicted molar refractivity (Wildman–Crippen MR) is 46.8 cm³/mol. The first-order valence-electron chi connectivity index (χ1n) is 4.08. The summed E-state index contributed by atoms with van der Waals surface area (Å²) >= 11 is 3.35. The number of rotatable bonds is 3. The van der Waals surface area contributed by atoms with Gasteiger partial charge in [0.1, 0.15) is 6.10 Å². The van der Waals surface area contributed by atoms with Crippen LogP contribution >= 0.6 is 15.9 Å². The monoisotopic (exact) mass is 220 g/mol. The lowest BCUT2D eigenvalue weighted by atomic mass is 10.1. The van der Waals surface area contributed by atoms with Crippen molar-refractivity contribution in [3.63, 3.8) is 0 Å². The van der Waals surface area contributed by atoms with E-state index in [1.165, 1.54) is 0 Å². The molecule has 1 saturated heterocycles. The third kappa shape index (κ3) is 3.23. The summed E-state index contributed by atoms with van der Waals surface area (Å²) in [6.07, 6.45) is 4.98. The van der Waals surface area contributed by atoms with E-state index in [-0.39, 0.29) is 12.1 Å². The summed E-state index contributed by atoms with van der Waals surface area (Å²) in [6, 6.07) is 0. The van der Waals surface area contributed by atoms with Crippen LogP contribution in [-0.4, -0.2) is 17.4 Å². The summed E-state index contributed by atoms with van der Waals surface area (Å²) in [5.41, 5.74) is 0. The molecule has 1 heterocycles. The zero-order valence-electron chi connectivity index (χ0n) is 6.51. The average molecular weight is 221 g/mol. The van der Waals surface area contributed by atoms with Crippen molar-refractivity contribution in [3.8, 4) is 0 Å². The third-order valence-corrected chi connectivity index (χ3v) is 2.43. The first-order chi connectivity index (χ1) is 5.33. The summed E-state index contributed by atoms with van der Waals surface area (Å²) < 4.78 is 5.13. The van der Waals surface area contributed by atoms with Crippen LogP contribution in [-0.2, 0) is 9.53 Å². The molecule has 1 fully saturated rings. The topological polar surface area (TPSA) is 26.3 Å². The summed E-state index contributed by atoms with van der Waals surface area (Å²) in [7, 11) is 0. The molecular formula is C8H13BrO2. The van der Waals surface area contributed by atoms with Crippen LogP contribution in [0.2, 0.25) is 0 Å². The van der Waals surface area contributed by atoms with Crippen molar-refractivity contribution in [1.82, 2.24) is 0 Å². The fourth-order valence-corrected chi connectivity index (χ4v) is 1.61. The highest BCUT2D eigenvalue weighted by atomic mass is 79.9. The molecule has 0 aliphatic carbocycles. The highest BCUT2D eigenvalue weighted by Crippen LogP contribution is 2.18. The number of hydrogen-bond acceptors (Lipinski definition) is 2. The molecule has 0 aromatic rings. The molecule has 1 aliphatic rings. The van der Waals surface area contributed by atoms with E-state index in [1.54, 1.807) is 0 Å². The zero-order chi connectivity index (χ0) is 8.10. The second kappa shape index (κ2) is 4.75. The maximum Gasteiger partial charge on any atom is 0.306 e. The Morgan fingerprint density at radius 2 is 2.45 bits per heavy atom. The van der Waals surface area contributed by atoms with E-state index in [0.29, 0.717) is 6.42 Å². The van der Waals surface area contributed by atoms with E-state index >= 15 is 0 Å². The normalized spacial score (nSPS) is 24.8. The molecule has 0 unspecified atom stereocenters. The number of halogens is 1. The van der Waals surface area contributed by atoms with Gasteiger partial charge in [0.15, 0.2) is 0 Å². The molecule has 1 atom stereocenters. The Balaban J connectivity index is 2.17. The summed E-state index contributed by atoms with van der Waals surface area (Å²) in [5.74, 6) is -0.0178. The number of carbonyl (C=O) groups excluding carboxylic acids is 1. The molecule has 0 aromatic carbocycles. The van der Waals surface area contributed by atoms with E-state index in [4.69, 9.17) is 4.74 Å². The molecule has 0 bridgehead atoms. The fraction of sp³-hybridized carbons (Fsp3) is 0.875. The molecule has 0 N–H and O–H groups in total. The molecule has 0 saturated carbocycles. The van der Waals surface area contributed by atoms with E-state index in [0.717, 1.165) is 31.0 Å². The lowest BCUT2D eigenvalue weighted by Crippen LogP contribution is -2.23. The second-order valence-electron chi connectivity index (χ2n) is 2.84. The van der Waals surface area contributed by atoms with Crippen molar-refractivity contribution in [1.29, 1.82) is 0 Å². The van der Waals surface area contributed by atoms with E-state index < -0.39 is 0 Å². The Hall–Kier alpha value is -0.0500. The quantitative estimate of drug-likeness (QED) is 0.539. The minimum Gasteiger partial charge on any atom is -0.462 e. The molecule has 0 radical (unpaired) electrons. The highest BCUT2D eigenvalue weighted by Gasteiger charge is 2.19. The van der Waals surface area contributed by atoms with Gasteiger partial charge in [-0.1, -0.05) is 15.9 Å². The van der Waals surface area contributed by atoms with E-state index in [9.17, 15) is 4.79 Å². The largest absolute Gasteiger partial charge is 0.462 e. The molecule has 0 amide bonds. The lowest BCUT2D eigenvalue weighted by Gasteiger charge is -2.21. The van der Waals surface area contributed by atoms with Crippen molar-refractivity contribution in [2.45, 2.75) is 38.2 Å². The molecule has 0 spiro atoms. The van der Waals surface area contributed by atoms with Gasteiger partial charge in [-0.2, -0.15) is 0 Å². The second-order valence-corrected chi connectivity index (χ2v) is 3.63. The van der Waals surface area contributed by atoms with Gasteiger partial charge >= 0.3 is 5.97 Å². The van der Waals surface area contributed by atoms with E-state index in [1.807, 2.05) is 0 Å². The van der Waals surface area contributed by atoms with E-state index in [2.05, 4.69) is 15.9 Å². The maximum absolute atomic E-state index is 10.8. The van der Waals surface area contributed by atoms with Crippen molar-refractivity contribution in [2.24, 2.45) is 0 Å². The molecule has 1 aliphatic heterocycles. The van der Waals surface area contributed by atoms with Crippen molar-refractivity contribution < 1.29 is 9.53 Å². The number of esters is 1. The number of alkyl halides is 1. The molecule has 11 heavy (non-hydrogen) atoms. The minimum absolute atomic E-state index is 0.0178. The van der Waals surface area contributed by atoms with Gasteiger partial charge in [0.25, 0.3) is 0 Å². The smallest absolute Gasteiger partial charge is 0.306 e. The third-order valence-electron chi connectivity index (χ3n) is 1.86. The van der Waals surface area contributed by atoms with Gasteiger partial charge in [-0.15, -0.1) is 0 Å². The van der Waals surface area contributed by atoms with Crippen LogP contribution in [0.4, 0.5) is 0 Å². The van der Waals surface area contributed by atoms with Gasteiger partial charge in [-0.05, 0) is 25.7 Å². The van der Waals surface area contributed by atoms with Crippen LogP contribution in [0.25, 0.3) is 0 Å². The molecule has 3 heteroatoms. The number of hydrogen-bond donors (Lipinski definition) is 0. The minimum atomic E-state index is -0.0178. The first kappa shape index (κ1) is 9.04. The van der Waals surface area contributed by atoms with Gasteiger partial charge in [-0.25, -0.2) is 0 Å². The highest BCUT2D eigenvalue weighted by molar-refractivity contribution is 9.09. The Kier molecular flexibility index (Phi) is 3.91. The Morgan fingerprint density at radius 1 is 1.64 bits per heavy atom. The van der Waals surface area contributed by atoms with Gasteiger partial charge in [0, 0.05) is 11.8 Å². The van der Waals surface area contributed by atoms with Crippen LogP contribution in [0.1, 0.15) is 32.1 Å². The standard InChI is InChI=1S/C8H13BrO2/c9-6-2-4-7-3-1-5-8(10)11-7/h7H,1-6H2/t7-/m1/s1. The van der Waals surface area contributed by atoms with Gasteiger partial charge in [0.05, 0.1) is 0 Å². The predicted octanol–water partition coefficient (Wildman–Crippen LogP) is 2.26. The SMILES string of the molecule is O=C1CCC[C@H](CCCBr)O1. The number of ether oxygens (including phenoxy) is 1. The number of carbonyl (C=O) groups is 1. The lowest BCUT2D eigenvalue weighted by molar-refractivity contribution is -0.153. The van der Waals surface area contributed by atoms with Crippen molar-refractivity contribution >= 4 is 21.9 Å².